The number of carbonyl (C=O) groups is 2. The number of aryl methyl sites for hydroxylation is 1. The third-order valence-electron chi connectivity index (χ3n) is 4.15. The number of rotatable bonds is 8. The van der Waals surface area contributed by atoms with Crippen molar-refractivity contribution in [2.75, 3.05) is 11.1 Å². The van der Waals surface area contributed by atoms with Gasteiger partial charge in [-0.15, -0.1) is 10.2 Å². The molecule has 1 amide bonds. The number of aromatic nitrogens is 3. The molecular weight excluding hydrogens is 415 g/mol. The van der Waals surface area contributed by atoms with E-state index >= 15 is 0 Å². The summed E-state index contributed by atoms with van der Waals surface area (Å²) in [6.07, 6.45) is 0.614. The van der Waals surface area contributed by atoms with Crippen LogP contribution in [0.2, 0.25) is 5.02 Å². The summed E-state index contributed by atoms with van der Waals surface area (Å²) in [6.45, 7) is 0. The SMILES string of the molecule is Cn1c(CCC(=O)Nc2ccccc2Cl)nnc1SCC(=O)c1ccc(F)cc1. The maximum absolute atomic E-state index is 13.0. The highest BCUT2D eigenvalue weighted by atomic mass is 35.5. The Hall–Kier alpha value is -2.71. The van der Waals surface area contributed by atoms with Crippen molar-refractivity contribution >= 4 is 40.7 Å². The number of Topliss-reactive ketones (excluding diaryl/α,β-unsaturated/α-hetero) is 1. The van der Waals surface area contributed by atoms with Crippen LogP contribution >= 0.6 is 23.4 Å². The summed E-state index contributed by atoms with van der Waals surface area (Å²) in [5.41, 5.74) is 1.00. The zero-order valence-electron chi connectivity index (χ0n) is 15.6. The van der Waals surface area contributed by atoms with Crippen molar-refractivity contribution in [2.24, 2.45) is 7.05 Å². The lowest BCUT2D eigenvalue weighted by molar-refractivity contribution is -0.116. The fraction of sp³-hybridized carbons (Fsp3) is 0.200. The highest BCUT2D eigenvalue weighted by Gasteiger charge is 2.14. The lowest BCUT2D eigenvalue weighted by atomic mass is 10.1. The molecule has 0 saturated heterocycles. The number of ketones is 1. The van der Waals surface area contributed by atoms with Gasteiger partial charge in [0.1, 0.15) is 11.6 Å². The van der Waals surface area contributed by atoms with Gasteiger partial charge in [-0.1, -0.05) is 35.5 Å². The van der Waals surface area contributed by atoms with Crippen molar-refractivity contribution in [1.29, 1.82) is 0 Å². The first-order valence-electron chi connectivity index (χ1n) is 8.78. The molecule has 1 N–H and O–H groups in total. The van der Waals surface area contributed by atoms with E-state index in [0.29, 0.717) is 33.7 Å². The van der Waals surface area contributed by atoms with Crippen molar-refractivity contribution in [1.82, 2.24) is 14.8 Å². The van der Waals surface area contributed by atoms with E-state index in [1.54, 1.807) is 35.9 Å². The third-order valence-corrected chi connectivity index (χ3v) is 5.50. The first-order valence-corrected chi connectivity index (χ1v) is 10.1. The number of anilines is 1. The smallest absolute Gasteiger partial charge is 0.224 e. The van der Waals surface area contributed by atoms with Gasteiger partial charge in [-0.25, -0.2) is 4.39 Å². The topological polar surface area (TPSA) is 76.9 Å². The highest BCUT2D eigenvalue weighted by Crippen LogP contribution is 2.21. The second-order valence-corrected chi connectivity index (χ2v) is 7.55. The highest BCUT2D eigenvalue weighted by molar-refractivity contribution is 7.99. The van der Waals surface area contributed by atoms with Gasteiger partial charge in [-0.2, -0.15) is 0 Å². The fourth-order valence-electron chi connectivity index (χ4n) is 2.54. The molecule has 1 aromatic heterocycles. The summed E-state index contributed by atoms with van der Waals surface area (Å²) in [5, 5.41) is 12.0. The Kier molecular flexibility index (Phi) is 7.00. The molecule has 0 fully saturated rings. The Morgan fingerprint density at radius 2 is 1.86 bits per heavy atom. The number of benzene rings is 2. The Morgan fingerprint density at radius 3 is 2.59 bits per heavy atom. The molecule has 0 spiro atoms. The minimum Gasteiger partial charge on any atom is -0.325 e. The van der Waals surface area contributed by atoms with Crippen LogP contribution in [0.5, 0.6) is 0 Å². The van der Waals surface area contributed by atoms with Gasteiger partial charge in [-0.05, 0) is 36.4 Å². The van der Waals surface area contributed by atoms with Gasteiger partial charge in [0.25, 0.3) is 0 Å². The second kappa shape index (κ2) is 9.67. The van der Waals surface area contributed by atoms with Crippen LogP contribution in [0, 0.1) is 5.82 Å². The molecule has 3 rings (SSSR count). The molecule has 0 radical (unpaired) electrons. The molecule has 0 aliphatic rings. The standard InChI is InChI=1S/C20H18ClFN4O2S/c1-26-18(10-11-19(28)23-16-5-3-2-4-15(16)21)24-25-20(26)29-12-17(27)13-6-8-14(22)9-7-13/h2-9H,10-12H2,1H3,(H,23,28). The molecule has 9 heteroatoms. The lowest BCUT2D eigenvalue weighted by Crippen LogP contribution is -2.14. The largest absolute Gasteiger partial charge is 0.325 e. The molecule has 150 valence electrons. The molecule has 0 saturated carbocycles. The average molecular weight is 433 g/mol. The van der Waals surface area contributed by atoms with Gasteiger partial charge in [0.05, 0.1) is 16.5 Å². The fourth-order valence-corrected chi connectivity index (χ4v) is 3.55. The van der Waals surface area contributed by atoms with Crippen LogP contribution in [-0.2, 0) is 18.3 Å². The van der Waals surface area contributed by atoms with Crippen molar-refractivity contribution in [3.63, 3.8) is 0 Å². The molecule has 29 heavy (non-hydrogen) atoms. The normalized spacial score (nSPS) is 10.7. The predicted octanol–water partition coefficient (Wildman–Crippen LogP) is 4.15. The van der Waals surface area contributed by atoms with Crippen molar-refractivity contribution in [3.05, 3.63) is 70.8 Å². The van der Waals surface area contributed by atoms with Crippen LogP contribution in [0.4, 0.5) is 10.1 Å². The quantitative estimate of drug-likeness (QED) is 0.427. The Bertz CT molecular complexity index is 1020. The Labute approximate surface area is 176 Å². The zero-order chi connectivity index (χ0) is 20.8. The van der Waals surface area contributed by atoms with E-state index in [4.69, 9.17) is 11.6 Å². The number of para-hydroxylation sites is 1. The van der Waals surface area contributed by atoms with Gasteiger partial charge >= 0.3 is 0 Å². The zero-order valence-corrected chi connectivity index (χ0v) is 17.1. The van der Waals surface area contributed by atoms with Gasteiger partial charge in [0.15, 0.2) is 10.9 Å². The van der Waals surface area contributed by atoms with Crippen LogP contribution in [0.1, 0.15) is 22.6 Å². The van der Waals surface area contributed by atoms with Crippen LogP contribution in [0.15, 0.2) is 53.7 Å². The number of carbonyl (C=O) groups excluding carboxylic acids is 2. The lowest BCUT2D eigenvalue weighted by Gasteiger charge is -2.07. The van der Waals surface area contributed by atoms with Crippen LogP contribution < -0.4 is 5.32 Å². The van der Waals surface area contributed by atoms with Gasteiger partial charge in [0.2, 0.25) is 5.91 Å². The maximum Gasteiger partial charge on any atom is 0.224 e. The van der Waals surface area contributed by atoms with Gasteiger partial charge < -0.3 is 9.88 Å². The van der Waals surface area contributed by atoms with Crippen LogP contribution in [-0.4, -0.2) is 32.2 Å². The summed E-state index contributed by atoms with van der Waals surface area (Å²) in [7, 11) is 1.78. The Balaban J connectivity index is 1.52. The number of amides is 1. The minimum atomic E-state index is -0.384. The predicted molar refractivity (Wildman–Crippen MR) is 111 cm³/mol. The van der Waals surface area contributed by atoms with Gasteiger partial charge in [0, 0.05) is 25.5 Å². The molecule has 0 bridgehead atoms. The minimum absolute atomic E-state index is 0.126. The first kappa shape index (κ1) is 21.0. The number of thioether (sulfide) groups is 1. The van der Waals surface area contributed by atoms with Crippen molar-refractivity contribution < 1.29 is 14.0 Å². The van der Waals surface area contributed by atoms with Gasteiger partial charge in [-0.3, -0.25) is 9.59 Å². The average Bonchev–Trinajstić information content (AvgIpc) is 3.06. The third kappa shape index (κ3) is 5.65. The van der Waals surface area contributed by atoms with Crippen LogP contribution in [0.3, 0.4) is 0 Å². The molecule has 3 aromatic rings. The number of hydrogen-bond acceptors (Lipinski definition) is 5. The summed E-state index contributed by atoms with van der Waals surface area (Å²) in [6, 6.07) is 12.4. The number of hydrogen-bond donors (Lipinski definition) is 1. The number of nitrogens with zero attached hydrogens (tertiary/aromatic N) is 3. The van der Waals surface area contributed by atoms with E-state index in [0.717, 1.165) is 0 Å². The summed E-state index contributed by atoms with van der Waals surface area (Å²) < 4.78 is 14.7. The molecule has 0 aliphatic heterocycles. The summed E-state index contributed by atoms with van der Waals surface area (Å²) >= 11 is 7.28. The molecular formula is C20H18ClFN4O2S. The molecule has 0 unspecified atom stereocenters. The first-order chi connectivity index (χ1) is 13.9. The summed E-state index contributed by atoms with van der Waals surface area (Å²) in [5.74, 6) is 0.104. The second-order valence-electron chi connectivity index (χ2n) is 6.20. The van der Waals surface area contributed by atoms with E-state index in [1.807, 2.05) is 0 Å². The monoisotopic (exact) mass is 432 g/mol. The van der Waals surface area contributed by atoms with E-state index in [9.17, 15) is 14.0 Å². The summed E-state index contributed by atoms with van der Waals surface area (Å²) in [4.78, 5) is 24.3. The van der Waals surface area contributed by atoms with E-state index in [2.05, 4.69) is 15.5 Å². The van der Waals surface area contributed by atoms with Crippen molar-refractivity contribution in [3.8, 4) is 0 Å². The number of halogens is 2. The number of nitrogens with one attached hydrogen (secondary N) is 1. The molecule has 0 atom stereocenters. The molecule has 2 aromatic carbocycles. The molecule has 0 aliphatic carbocycles. The van der Waals surface area contributed by atoms with E-state index < -0.39 is 0 Å². The molecule has 1 heterocycles. The van der Waals surface area contributed by atoms with E-state index in [1.165, 1.54) is 36.0 Å². The van der Waals surface area contributed by atoms with Crippen molar-refractivity contribution in [2.45, 2.75) is 18.0 Å². The van der Waals surface area contributed by atoms with E-state index in [-0.39, 0.29) is 29.7 Å². The maximum atomic E-state index is 13.0. The van der Waals surface area contributed by atoms with Crippen LogP contribution in [0.25, 0.3) is 0 Å². The Morgan fingerprint density at radius 1 is 1.14 bits per heavy atom. The molecule has 6 nitrogen and oxygen atoms in total.